The van der Waals surface area contributed by atoms with E-state index in [9.17, 15) is 24.5 Å². The minimum Gasteiger partial charge on any atom is -0.461 e. The molecule has 2 aromatic rings. The van der Waals surface area contributed by atoms with Gasteiger partial charge in [0.2, 0.25) is 5.28 Å². The Labute approximate surface area is 242 Å². The maximum atomic E-state index is 14.2. The third-order valence-corrected chi connectivity index (χ3v) is 7.21. The van der Waals surface area contributed by atoms with Gasteiger partial charge in [0.15, 0.2) is 5.78 Å². The van der Waals surface area contributed by atoms with Crippen LogP contribution in [-0.2, 0) is 27.1 Å². The molecule has 1 aromatic carbocycles. The molecule has 2 heterocycles. The molecule has 12 nitrogen and oxygen atoms in total. The molecule has 0 radical (unpaired) electrons. The summed E-state index contributed by atoms with van der Waals surface area (Å²) in [6.07, 6.45) is 0.976. The van der Waals surface area contributed by atoms with E-state index in [0.29, 0.717) is 37.6 Å². The van der Waals surface area contributed by atoms with Gasteiger partial charge in [-0.05, 0) is 45.2 Å². The van der Waals surface area contributed by atoms with E-state index >= 15 is 0 Å². The van der Waals surface area contributed by atoms with Gasteiger partial charge in [-0.3, -0.25) is 19.7 Å². The zero-order valence-corrected chi connectivity index (χ0v) is 24.0. The number of carbonyl (C=O) groups is 3. The molecule has 1 aliphatic heterocycles. The van der Waals surface area contributed by atoms with Crippen LogP contribution < -0.4 is 4.90 Å². The molecule has 2 aliphatic rings. The molecule has 0 spiro atoms. The average Bonchev–Trinajstić information content (AvgIpc) is 2.92. The van der Waals surface area contributed by atoms with Crippen LogP contribution in [0.5, 0.6) is 0 Å². The van der Waals surface area contributed by atoms with Crippen molar-refractivity contribution < 1.29 is 28.8 Å². The Morgan fingerprint density at radius 2 is 1.88 bits per heavy atom. The highest BCUT2D eigenvalue weighted by Crippen LogP contribution is 2.43. The van der Waals surface area contributed by atoms with Gasteiger partial charge in [-0.1, -0.05) is 30.9 Å². The van der Waals surface area contributed by atoms with E-state index in [4.69, 9.17) is 21.1 Å². The number of nitrogens with zero attached hydrogens (tertiary/aromatic N) is 5. The third-order valence-electron chi connectivity index (χ3n) is 7.04. The highest BCUT2D eigenvalue weighted by atomic mass is 35.5. The van der Waals surface area contributed by atoms with Crippen molar-refractivity contribution in [2.24, 2.45) is 5.41 Å². The van der Waals surface area contributed by atoms with E-state index < -0.39 is 33.8 Å². The number of nitro groups is 1. The molecule has 1 unspecified atom stereocenters. The largest absolute Gasteiger partial charge is 0.461 e. The molecule has 1 saturated heterocycles. The summed E-state index contributed by atoms with van der Waals surface area (Å²) in [5, 5.41) is 11.5. The number of Topliss-reactive ketones (excluding diaryl/α,β-unsaturated/α-hetero) is 1. The van der Waals surface area contributed by atoms with Gasteiger partial charge in [-0.15, -0.1) is 0 Å². The summed E-state index contributed by atoms with van der Waals surface area (Å²) in [6.45, 7) is 10.4. The molecule has 0 bridgehead atoms. The monoisotopic (exact) mass is 585 g/mol. The predicted molar refractivity (Wildman–Crippen MR) is 150 cm³/mol. The standard InChI is InChI=1S/C28H32ClN5O7/c1-5-16-40-24(36)28(17-18-8-6-7-9-20(18)34(38)39)11-10-19-21(22(28)35)30-25(29)31-23(19)32-12-14-33(15-13-32)26(37)41-27(2,3)4/h5-9H,1,10-17H2,2-4H3. The Morgan fingerprint density at radius 3 is 2.51 bits per heavy atom. The number of aromatic nitrogens is 2. The van der Waals surface area contributed by atoms with Crippen LogP contribution >= 0.6 is 11.6 Å². The second-order valence-corrected chi connectivity index (χ2v) is 11.3. The number of carbonyl (C=O) groups excluding carboxylic acids is 3. The number of hydrogen-bond acceptors (Lipinski definition) is 10. The molecule has 0 N–H and O–H groups in total. The molecular formula is C28H32ClN5O7. The summed E-state index contributed by atoms with van der Waals surface area (Å²) in [6, 6.07) is 5.98. The maximum Gasteiger partial charge on any atom is 0.410 e. The van der Waals surface area contributed by atoms with Gasteiger partial charge < -0.3 is 19.3 Å². The van der Waals surface area contributed by atoms with E-state index in [-0.39, 0.29) is 48.1 Å². The molecule has 41 heavy (non-hydrogen) atoms. The minimum absolute atomic E-state index is 0.0186. The first kappa shape index (κ1) is 29.9. The fourth-order valence-electron chi connectivity index (χ4n) is 5.10. The molecule has 0 saturated carbocycles. The number of para-hydroxylation sites is 1. The number of ether oxygens (including phenoxy) is 2. The van der Waals surface area contributed by atoms with Crippen LogP contribution in [0.3, 0.4) is 0 Å². The van der Waals surface area contributed by atoms with Crippen molar-refractivity contribution in [3.05, 3.63) is 69.1 Å². The van der Waals surface area contributed by atoms with E-state index in [1.807, 2.05) is 4.90 Å². The lowest BCUT2D eigenvalue weighted by molar-refractivity contribution is -0.385. The van der Waals surface area contributed by atoms with Gasteiger partial charge in [0.1, 0.15) is 29.1 Å². The van der Waals surface area contributed by atoms with Crippen molar-refractivity contribution in [3.63, 3.8) is 0 Å². The number of hydrogen-bond donors (Lipinski definition) is 0. The zero-order chi connectivity index (χ0) is 29.9. The van der Waals surface area contributed by atoms with Gasteiger partial charge in [-0.25, -0.2) is 14.8 Å². The summed E-state index contributed by atoms with van der Waals surface area (Å²) in [5.74, 6) is -0.992. The Balaban J connectivity index is 1.67. The van der Waals surface area contributed by atoms with Crippen molar-refractivity contribution in [2.75, 3.05) is 37.7 Å². The van der Waals surface area contributed by atoms with E-state index in [1.165, 1.54) is 24.3 Å². The zero-order valence-electron chi connectivity index (χ0n) is 23.2. The van der Waals surface area contributed by atoms with Gasteiger partial charge in [0.25, 0.3) is 5.69 Å². The molecule has 1 amide bonds. The van der Waals surface area contributed by atoms with Crippen LogP contribution in [0.1, 0.15) is 48.8 Å². The fraction of sp³-hybridized carbons (Fsp3) is 0.464. The number of benzene rings is 1. The highest BCUT2D eigenvalue weighted by Gasteiger charge is 2.52. The van der Waals surface area contributed by atoms with Crippen LogP contribution in [-0.4, -0.2) is 76.0 Å². The van der Waals surface area contributed by atoms with E-state index in [2.05, 4.69) is 16.5 Å². The second-order valence-electron chi connectivity index (χ2n) is 11.0. The maximum absolute atomic E-state index is 14.2. The first-order chi connectivity index (χ1) is 19.4. The van der Waals surface area contributed by atoms with Crippen molar-refractivity contribution in [1.29, 1.82) is 0 Å². The first-order valence-corrected chi connectivity index (χ1v) is 13.6. The molecule has 218 valence electrons. The molecule has 1 atom stereocenters. The van der Waals surface area contributed by atoms with Crippen molar-refractivity contribution >= 4 is 41.0 Å². The second kappa shape index (κ2) is 11.8. The molecule has 4 rings (SSSR count). The highest BCUT2D eigenvalue weighted by molar-refractivity contribution is 6.28. The van der Waals surface area contributed by atoms with Gasteiger partial charge in [-0.2, -0.15) is 0 Å². The topological polar surface area (TPSA) is 145 Å². The minimum atomic E-state index is -1.76. The Morgan fingerprint density at radius 1 is 1.20 bits per heavy atom. The van der Waals surface area contributed by atoms with E-state index in [1.54, 1.807) is 31.7 Å². The van der Waals surface area contributed by atoms with Crippen molar-refractivity contribution in [3.8, 4) is 0 Å². The number of amides is 1. The quantitative estimate of drug-likeness (QED) is 0.116. The number of piperazine rings is 1. The summed E-state index contributed by atoms with van der Waals surface area (Å²) in [4.78, 5) is 63.4. The van der Waals surface area contributed by atoms with Crippen LogP contribution in [0.25, 0.3) is 0 Å². The summed E-state index contributed by atoms with van der Waals surface area (Å²) >= 11 is 6.30. The summed E-state index contributed by atoms with van der Waals surface area (Å²) in [5.41, 5.74) is -1.84. The Bertz CT molecular complexity index is 1380. The number of nitro benzene ring substituents is 1. The van der Waals surface area contributed by atoms with Gasteiger partial charge >= 0.3 is 12.1 Å². The number of esters is 1. The van der Waals surface area contributed by atoms with Crippen LogP contribution in [0.2, 0.25) is 5.28 Å². The molecule has 1 fully saturated rings. The van der Waals surface area contributed by atoms with Crippen molar-refractivity contribution in [1.82, 2.24) is 14.9 Å². The summed E-state index contributed by atoms with van der Waals surface area (Å²) < 4.78 is 10.8. The third kappa shape index (κ3) is 6.32. The average molecular weight is 586 g/mol. The molecule has 1 aliphatic carbocycles. The van der Waals surface area contributed by atoms with Crippen LogP contribution in [0, 0.1) is 15.5 Å². The molecular weight excluding hydrogens is 554 g/mol. The normalized spacial score (nSPS) is 18.9. The number of halogens is 1. The Hall–Kier alpha value is -4.06. The first-order valence-electron chi connectivity index (χ1n) is 13.2. The van der Waals surface area contributed by atoms with Gasteiger partial charge in [0, 0.05) is 49.8 Å². The van der Waals surface area contributed by atoms with E-state index in [0.717, 1.165) is 0 Å². The fourth-order valence-corrected chi connectivity index (χ4v) is 5.27. The molecule has 13 heteroatoms. The SMILES string of the molecule is C=CCOC(=O)C1(Cc2ccccc2[N+](=O)[O-])CCc2c(nc(Cl)nc2N2CCN(C(=O)OC(C)(C)C)CC2)C1=O. The predicted octanol–water partition coefficient (Wildman–Crippen LogP) is 4.18. The van der Waals surface area contributed by atoms with Crippen molar-refractivity contribution in [2.45, 2.75) is 45.6 Å². The number of ketones is 1. The molecule has 1 aromatic heterocycles. The smallest absolute Gasteiger partial charge is 0.410 e. The van der Waals surface area contributed by atoms with Gasteiger partial charge in [0.05, 0.1) is 4.92 Å². The van der Waals surface area contributed by atoms with Crippen LogP contribution in [0.15, 0.2) is 36.9 Å². The Kier molecular flexibility index (Phi) is 8.62. The lowest BCUT2D eigenvalue weighted by Gasteiger charge is -2.39. The number of rotatable bonds is 7. The lowest BCUT2D eigenvalue weighted by atomic mass is 9.68. The lowest BCUT2D eigenvalue weighted by Crippen LogP contribution is -2.51. The summed E-state index contributed by atoms with van der Waals surface area (Å²) in [7, 11) is 0. The number of fused-ring (bicyclic) bond motifs is 1. The van der Waals surface area contributed by atoms with Crippen LogP contribution in [0.4, 0.5) is 16.3 Å². The number of anilines is 1.